The van der Waals surface area contributed by atoms with E-state index in [1.54, 1.807) is 24.3 Å². The van der Waals surface area contributed by atoms with Crippen molar-refractivity contribution >= 4 is 11.7 Å². The van der Waals surface area contributed by atoms with Crippen LogP contribution in [0.15, 0.2) is 54.6 Å². The molecule has 2 atom stereocenters. The first kappa shape index (κ1) is 18.9. The van der Waals surface area contributed by atoms with Crippen LogP contribution in [0.1, 0.15) is 17.5 Å². The summed E-state index contributed by atoms with van der Waals surface area (Å²) in [6, 6.07) is 18.6. The normalized spacial score (nSPS) is 19.9. The number of nitrogens with zero attached hydrogens (tertiary/aromatic N) is 2. The first-order valence-corrected chi connectivity index (χ1v) is 9.12. The average Bonchev–Trinajstić information content (AvgIpc) is 2.69. The third-order valence-corrected chi connectivity index (χ3v) is 4.89. The van der Waals surface area contributed by atoms with E-state index >= 15 is 0 Å². The van der Waals surface area contributed by atoms with Gasteiger partial charge in [-0.15, -0.1) is 0 Å². The molecule has 1 aliphatic heterocycles. The standard InChI is InChI=1S/C21H24N4O2/c22-12-17-7-4-8-19(11-17)23-21(27)24-20-14-25(10-9-18(20)15-26)13-16-5-2-1-3-6-16/h1-8,11,18,20,26H,9-10,13-15H2,(H2,23,24,27)/t18-,20-/m1/s1. The Labute approximate surface area is 159 Å². The Morgan fingerprint density at radius 3 is 2.78 bits per heavy atom. The Hall–Kier alpha value is -2.88. The molecular formula is C21H24N4O2. The summed E-state index contributed by atoms with van der Waals surface area (Å²) in [5.74, 6) is 0.0354. The molecular weight excluding hydrogens is 340 g/mol. The van der Waals surface area contributed by atoms with Gasteiger partial charge in [0.1, 0.15) is 0 Å². The fourth-order valence-electron chi connectivity index (χ4n) is 3.44. The monoisotopic (exact) mass is 364 g/mol. The predicted octanol–water partition coefficient (Wildman–Crippen LogP) is 2.56. The van der Waals surface area contributed by atoms with E-state index in [4.69, 9.17) is 5.26 Å². The van der Waals surface area contributed by atoms with E-state index in [0.717, 1.165) is 19.5 Å². The number of carbonyl (C=O) groups is 1. The Morgan fingerprint density at radius 2 is 2.04 bits per heavy atom. The average molecular weight is 364 g/mol. The third-order valence-electron chi connectivity index (χ3n) is 4.89. The van der Waals surface area contributed by atoms with Gasteiger partial charge in [0.15, 0.2) is 0 Å². The lowest BCUT2D eigenvalue weighted by atomic mass is 9.92. The van der Waals surface area contributed by atoms with Crippen LogP contribution >= 0.6 is 0 Å². The van der Waals surface area contributed by atoms with Gasteiger partial charge in [-0.25, -0.2) is 4.79 Å². The number of nitriles is 1. The number of carbonyl (C=O) groups excluding carboxylic acids is 1. The van der Waals surface area contributed by atoms with Crippen molar-refractivity contribution < 1.29 is 9.90 Å². The minimum absolute atomic E-state index is 0.0354. The molecule has 0 spiro atoms. The van der Waals surface area contributed by atoms with E-state index in [9.17, 15) is 9.90 Å². The number of aliphatic hydroxyl groups is 1. The fraction of sp³-hybridized carbons (Fsp3) is 0.333. The molecule has 1 aliphatic rings. The predicted molar refractivity (Wildman–Crippen MR) is 104 cm³/mol. The SMILES string of the molecule is N#Cc1cccc(NC(=O)N[C@@H]2CN(Cc3ccccc3)CC[C@@H]2CO)c1. The van der Waals surface area contributed by atoms with Crippen LogP contribution in [-0.2, 0) is 6.54 Å². The molecule has 1 heterocycles. The van der Waals surface area contributed by atoms with Gasteiger partial charge in [-0.3, -0.25) is 4.90 Å². The lowest BCUT2D eigenvalue weighted by Crippen LogP contribution is -2.54. The molecule has 0 unspecified atom stereocenters. The van der Waals surface area contributed by atoms with Gasteiger partial charge >= 0.3 is 6.03 Å². The van der Waals surface area contributed by atoms with Gasteiger partial charge in [0, 0.05) is 37.3 Å². The fourth-order valence-corrected chi connectivity index (χ4v) is 3.44. The van der Waals surface area contributed by atoms with E-state index in [0.29, 0.717) is 17.8 Å². The minimum Gasteiger partial charge on any atom is -0.396 e. The molecule has 6 nitrogen and oxygen atoms in total. The molecule has 1 saturated heterocycles. The molecule has 3 N–H and O–H groups in total. The molecule has 6 heteroatoms. The van der Waals surface area contributed by atoms with Crippen LogP contribution in [0.25, 0.3) is 0 Å². The summed E-state index contributed by atoms with van der Waals surface area (Å²) in [6.45, 7) is 2.45. The number of hydrogen-bond acceptors (Lipinski definition) is 4. The van der Waals surface area contributed by atoms with Gasteiger partial charge in [0.05, 0.1) is 11.6 Å². The lowest BCUT2D eigenvalue weighted by Gasteiger charge is -2.38. The van der Waals surface area contributed by atoms with Crippen molar-refractivity contribution in [1.29, 1.82) is 5.26 Å². The molecule has 27 heavy (non-hydrogen) atoms. The molecule has 140 valence electrons. The summed E-state index contributed by atoms with van der Waals surface area (Å²) in [4.78, 5) is 14.7. The quantitative estimate of drug-likeness (QED) is 0.761. The molecule has 0 radical (unpaired) electrons. The highest BCUT2D eigenvalue weighted by molar-refractivity contribution is 5.89. The molecule has 2 aromatic carbocycles. The zero-order chi connectivity index (χ0) is 19.1. The van der Waals surface area contributed by atoms with Gasteiger partial charge in [-0.1, -0.05) is 36.4 Å². The maximum Gasteiger partial charge on any atom is 0.319 e. The highest BCUT2D eigenvalue weighted by Crippen LogP contribution is 2.20. The minimum atomic E-state index is -0.324. The first-order chi connectivity index (χ1) is 13.2. The number of urea groups is 1. The lowest BCUT2D eigenvalue weighted by molar-refractivity contribution is 0.0958. The second-order valence-corrected chi connectivity index (χ2v) is 6.85. The van der Waals surface area contributed by atoms with E-state index < -0.39 is 0 Å². The first-order valence-electron chi connectivity index (χ1n) is 9.12. The summed E-state index contributed by atoms with van der Waals surface area (Å²) in [5.41, 5.74) is 2.30. The largest absolute Gasteiger partial charge is 0.396 e. The zero-order valence-electron chi connectivity index (χ0n) is 15.1. The van der Waals surface area contributed by atoms with Gasteiger partial charge in [-0.2, -0.15) is 5.26 Å². The smallest absolute Gasteiger partial charge is 0.319 e. The number of rotatable bonds is 5. The highest BCUT2D eigenvalue weighted by atomic mass is 16.3. The molecule has 0 saturated carbocycles. The van der Waals surface area contributed by atoms with Gasteiger partial charge in [0.2, 0.25) is 0 Å². The zero-order valence-corrected chi connectivity index (χ0v) is 15.1. The second-order valence-electron chi connectivity index (χ2n) is 6.85. The number of hydrogen-bond donors (Lipinski definition) is 3. The Kier molecular flexibility index (Phi) is 6.42. The summed E-state index contributed by atoms with van der Waals surface area (Å²) in [6.07, 6.45) is 0.832. The van der Waals surface area contributed by atoms with Crippen LogP contribution < -0.4 is 10.6 Å². The van der Waals surface area contributed by atoms with Crippen molar-refractivity contribution in [2.75, 3.05) is 25.0 Å². The Bertz CT molecular complexity index is 803. The molecule has 2 amide bonds. The van der Waals surface area contributed by atoms with Gasteiger partial charge < -0.3 is 15.7 Å². The summed E-state index contributed by atoms with van der Waals surface area (Å²) in [7, 11) is 0. The third kappa shape index (κ3) is 5.30. The van der Waals surface area contributed by atoms with Crippen molar-refractivity contribution in [3.8, 4) is 6.07 Å². The topological polar surface area (TPSA) is 88.4 Å². The number of likely N-dealkylation sites (tertiary alicyclic amines) is 1. The molecule has 3 rings (SSSR count). The van der Waals surface area contributed by atoms with Crippen LogP contribution in [0, 0.1) is 17.2 Å². The molecule has 0 aliphatic carbocycles. The Balaban J connectivity index is 1.60. The van der Waals surface area contributed by atoms with E-state index in [1.165, 1.54) is 5.56 Å². The van der Waals surface area contributed by atoms with Gasteiger partial charge in [-0.05, 0) is 36.7 Å². The maximum atomic E-state index is 12.4. The number of piperidine rings is 1. The van der Waals surface area contributed by atoms with Crippen LogP contribution in [0.3, 0.4) is 0 Å². The van der Waals surface area contributed by atoms with Crippen molar-refractivity contribution in [2.24, 2.45) is 5.92 Å². The van der Waals surface area contributed by atoms with Crippen molar-refractivity contribution in [2.45, 2.75) is 19.0 Å². The molecule has 0 aromatic heterocycles. The van der Waals surface area contributed by atoms with Crippen LogP contribution in [0.4, 0.5) is 10.5 Å². The number of anilines is 1. The van der Waals surface area contributed by atoms with Crippen LogP contribution in [-0.4, -0.2) is 41.8 Å². The van der Waals surface area contributed by atoms with Crippen molar-refractivity contribution in [3.63, 3.8) is 0 Å². The summed E-state index contributed by atoms with van der Waals surface area (Å²) >= 11 is 0. The molecule has 0 bridgehead atoms. The van der Waals surface area contributed by atoms with E-state index in [1.807, 2.05) is 18.2 Å². The Morgan fingerprint density at radius 1 is 1.22 bits per heavy atom. The van der Waals surface area contributed by atoms with Crippen LogP contribution in [0.5, 0.6) is 0 Å². The number of aliphatic hydroxyl groups excluding tert-OH is 1. The second kappa shape index (κ2) is 9.17. The van der Waals surface area contributed by atoms with E-state index in [-0.39, 0.29) is 24.6 Å². The van der Waals surface area contributed by atoms with Gasteiger partial charge in [0.25, 0.3) is 0 Å². The highest BCUT2D eigenvalue weighted by Gasteiger charge is 2.30. The summed E-state index contributed by atoms with van der Waals surface area (Å²) < 4.78 is 0. The molecule has 1 fully saturated rings. The molecule has 2 aromatic rings. The van der Waals surface area contributed by atoms with Crippen molar-refractivity contribution in [3.05, 3.63) is 65.7 Å². The van der Waals surface area contributed by atoms with E-state index in [2.05, 4.69) is 33.7 Å². The number of amides is 2. The maximum absolute atomic E-state index is 12.4. The number of nitrogens with one attached hydrogen (secondary N) is 2. The number of benzene rings is 2. The van der Waals surface area contributed by atoms with Crippen LogP contribution in [0.2, 0.25) is 0 Å². The van der Waals surface area contributed by atoms with Crippen molar-refractivity contribution in [1.82, 2.24) is 10.2 Å². The summed E-state index contributed by atoms with van der Waals surface area (Å²) in [5, 5.41) is 24.4.